The quantitative estimate of drug-likeness (QED) is 0.837. The summed E-state index contributed by atoms with van der Waals surface area (Å²) in [5.41, 5.74) is 1.35. The van der Waals surface area contributed by atoms with E-state index in [1.54, 1.807) is 6.07 Å². The maximum atomic E-state index is 13.0. The molecule has 3 rings (SSSR count). The van der Waals surface area contributed by atoms with Crippen LogP contribution in [0.15, 0.2) is 16.8 Å². The van der Waals surface area contributed by atoms with E-state index in [0.29, 0.717) is 35.9 Å². The van der Waals surface area contributed by atoms with E-state index in [1.165, 1.54) is 6.20 Å². The Hall–Kier alpha value is -2.12. The molecule has 0 radical (unpaired) electrons. The van der Waals surface area contributed by atoms with Crippen LogP contribution in [0.2, 0.25) is 0 Å². The molecule has 148 valence electrons. The Bertz CT molecular complexity index is 824. The molecule has 2 atom stereocenters. The van der Waals surface area contributed by atoms with E-state index in [2.05, 4.69) is 36.2 Å². The van der Waals surface area contributed by atoms with E-state index in [-0.39, 0.29) is 18.3 Å². The number of fused-ring (bicyclic) bond motifs is 1. The maximum Gasteiger partial charge on any atom is 0.391 e. The number of pyridine rings is 1. The van der Waals surface area contributed by atoms with Gasteiger partial charge in [0.2, 0.25) is 0 Å². The number of nitrogens with one attached hydrogen (secondary N) is 1. The summed E-state index contributed by atoms with van der Waals surface area (Å²) >= 11 is 0. The zero-order valence-corrected chi connectivity index (χ0v) is 15.7. The van der Waals surface area contributed by atoms with Crippen LogP contribution in [0.1, 0.15) is 62.5 Å². The first-order chi connectivity index (χ1) is 12.5. The summed E-state index contributed by atoms with van der Waals surface area (Å²) in [5.74, 6) is -1.77. The van der Waals surface area contributed by atoms with Gasteiger partial charge in [0.15, 0.2) is 0 Å². The number of rotatable bonds is 3. The predicted octanol–water partition coefficient (Wildman–Crippen LogP) is 4.66. The standard InChI is InChI=1S/C19H24F3N3O2/c1-18(2,3)9-15-14-7-11(10-23-17(14)27-25-15)16(26)24-13-6-4-5-12(8-13)19(20,21)22/h7,10,12-13H,4-6,8-9H2,1-3H3,(H,24,26)/t12-,13+/m0/s1. The van der Waals surface area contributed by atoms with Gasteiger partial charge in [0.1, 0.15) is 0 Å². The fourth-order valence-corrected chi connectivity index (χ4v) is 3.52. The molecule has 0 unspecified atom stereocenters. The fraction of sp³-hybridized carbons (Fsp3) is 0.632. The van der Waals surface area contributed by atoms with Gasteiger partial charge in [-0.25, -0.2) is 4.98 Å². The second kappa shape index (κ2) is 7.13. The van der Waals surface area contributed by atoms with Crippen molar-refractivity contribution in [3.05, 3.63) is 23.5 Å². The number of halogens is 3. The van der Waals surface area contributed by atoms with E-state index in [4.69, 9.17) is 4.52 Å². The normalized spacial score (nSPS) is 21.4. The first-order valence-electron chi connectivity index (χ1n) is 9.15. The van der Waals surface area contributed by atoms with Gasteiger partial charge in [-0.2, -0.15) is 13.2 Å². The van der Waals surface area contributed by atoms with Gasteiger partial charge < -0.3 is 9.84 Å². The SMILES string of the molecule is CC(C)(C)Cc1noc2ncc(C(=O)N[C@@H]3CCC[C@H](C(F)(F)F)C3)cc12. The van der Waals surface area contributed by atoms with Crippen molar-refractivity contribution in [3.63, 3.8) is 0 Å². The number of hydrogen-bond donors (Lipinski definition) is 1. The van der Waals surface area contributed by atoms with Gasteiger partial charge >= 0.3 is 6.18 Å². The number of alkyl halides is 3. The highest BCUT2D eigenvalue weighted by molar-refractivity contribution is 5.97. The molecule has 1 aliphatic carbocycles. The van der Waals surface area contributed by atoms with Crippen molar-refractivity contribution in [2.24, 2.45) is 11.3 Å². The zero-order valence-electron chi connectivity index (χ0n) is 15.7. The first-order valence-corrected chi connectivity index (χ1v) is 9.15. The summed E-state index contributed by atoms with van der Waals surface area (Å²) < 4.78 is 44.1. The Morgan fingerprint density at radius 1 is 1.30 bits per heavy atom. The Balaban J connectivity index is 1.75. The minimum atomic E-state index is -4.21. The van der Waals surface area contributed by atoms with Crippen LogP contribution in [-0.4, -0.2) is 28.3 Å². The second-order valence-corrected chi connectivity index (χ2v) is 8.52. The van der Waals surface area contributed by atoms with Crippen LogP contribution in [0, 0.1) is 11.3 Å². The van der Waals surface area contributed by atoms with Crippen LogP contribution in [-0.2, 0) is 6.42 Å². The first kappa shape index (κ1) is 19.6. The minimum Gasteiger partial charge on any atom is -0.349 e. The van der Waals surface area contributed by atoms with Crippen molar-refractivity contribution >= 4 is 17.0 Å². The lowest BCUT2D eigenvalue weighted by molar-refractivity contribution is -0.183. The molecule has 27 heavy (non-hydrogen) atoms. The molecule has 8 heteroatoms. The fourth-order valence-electron chi connectivity index (χ4n) is 3.52. The van der Waals surface area contributed by atoms with E-state index < -0.39 is 24.0 Å². The molecule has 0 saturated heterocycles. The van der Waals surface area contributed by atoms with E-state index in [0.717, 1.165) is 5.69 Å². The Morgan fingerprint density at radius 2 is 2.04 bits per heavy atom. The van der Waals surface area contributed by atoms with Gasteiger partial charge in [-0.05, 0) is 37.2 Å². The topological polar surface area (TPSA) is 68.0 Å². The smallest absolute Gasteiger partial charge is 0.349 e. The number of nitrogens with zero attached hydrogens (tertiary/aromatic N) is 2. The summed E-state index contributed by atoms with van der Waals surface area (Å²) in [7, 11) is 0. The van der Waals surface area contributed by atoms with Crippen LogP contribution < -0.4 is 5.32 Å². The highest BCUT2D eigenvalue weighted by atomic mass is 19.4. The molecule has 0 aromatic carbocycles. The summed E-state index contributed by atoms with van der Waals surface area (Å²) in [6, 6.07) is 1.17. The molecule has 2 heterocycles. The third kappa shape index (κ3) is 4.78. The number of aromatic nitrogens is 2. The van der Waals surface area contributed by atoms with Crippen molar-refractivity contribution in [1.82, 2.24) is 15.5 Å². The highest BCUT2D eigenvalue weighted by Crippen LogP contribution is 2.37. The van der Waals surface area contributed by atoms with Crippen molar-refractivity contribution in [2.75, 3.05) is 0 Å². The van der Waals surface area contributed by atoms with Gasteiger partial charge in [0.05, 0.1) is 22.6 Å². The van der Waals surface area contributed by atoms with E-state index >= 15 is 0 Å². The highest BCUT2D eigenvalue weighted by Gasteiger charge is 2.42. The molecule has 1 saturated carbocycles. The van der Waals surface area contributed by atoms with Crippen molar-refractivity contribution < 1.29 is 22.5 Å². The van der Waals surface area contributed by atoms with E-state index in [1.807, 2.05) is 0 Å². The summed E-state index contributed by atoms with van der Waals surface area (Å²) in [4.78, 5) is 16.7. The number of carbonyl (C=O) groups excluding carboxylic acids is 1. The molecule has 0 bridgehead atoms. The van der Waals surface area contributed by atoms with Crippen LogP contribution in [0.5, 0.6) is 0 Å². The second-order valence-electron chi connectivity index (χ2n) is 8.52. The van der Waals surface area contributed by atoms with Gasteiger partial charge in [0.25, 0.3) is 11.6 Å². The van der Waals surface area contributed by atoms with Crippen LogP contribution in [0.4, 0.5) is 13.2 Å². The van der Waals surface area contributed by atoms with Gasteiger partial charge in [-0.1, -0.05) is 32.3 Å². The van der Waals surface area contributed by atoms with Crippen LogP contribution in [0.25, 0.3) is 11.1 Å². The Kier molecular flexibility index (Phi) is 5.18. The third-order valence-electron chi connectivity index (χ3n) is 4.84. The van der Waals surface area contributed by atoms with Crippen molar-refractivity contribution in [1.29, 1.82) is 0 Å². The lowest BCUT2D eigenvalue weighted by Crippen LogP contribution is -2.41. The van der Waals surface area contributed by atoms with Crippen molar-refractivity contribution in [3.8, 4) is 0 Å². The number of amides is 1. The predicted molar refractivity (Wildman–Crippen MR) is 94.2 cm³/mol. The zero-order chi connectivity index (χ0) is 19.8. The molecular weight excluding hydrogens is 359 g/mol. The van der Waals surface area contributed by atoms with Gasteiger partial charge in [0, 0.05) is 12.2 Å². The molecule has 5 nitrogen and oxygen atoms in total. The van der Waals surface area contributed by atoms with Gasteiger partial charge in [-0.15, -0.1) is 0 Å². The largest absolute Gasteiger partial charge is 0.391 e. The minimum absolute atomic E-state index is 0.0171. The van der Waals surface area contributed by atoms with Gasteiger partial charge in [-0.3, -0.25) is 4.79 Å². The molecule has 1 aliphatic rings. The summed E-state index contributed by atoms with van der Waals surface area (Å²) in [5, 5.41) is 7.43. The number of carbonyl (C=O) groups is 1. The maximum absolute atomic E-state index is 13.0. The lowest BCUT2D eigenvalue weighted by Gasteiger charge is -2.31. The average Bonchev–Trinajstić information content (AvgIpc) is 2.95. The van der Waals surface area contributed by atoms with Crippen LogP contribution >= 0.6 is 0 Å². The molecule has 1 N–H and O–H groups in total. The average molecular weight is 383 g/mol. The molecule has 2 aromatic heterocycles. The summed E-state index contributed by atoms with van der Waals surface area (Å²) in [6.45, 7) is 6.20. The van der Waals surface area contributed by atoms with Crippen LogP contribution in [0.3, 0.4) is 0 Å². The van der Waals surface area contributed by atoms with Crippen molar-refractivity contribution in [2.45, 2.75) is 65.1 Å². The molecule has 0 aliphatic heterocycles. The number of hydrogen-bond acceptors (Lipinski definition) is 4. The Morgan fingerprint density at radius 3 is 2.70 bits per heavy atom. The molecular formula is C19H24F3N3O2. The Labute approximate surface area is 155 Å². The third-order valence-corrected chi connectivity index (χ3v) is 4.84. The monoisotopic (exact) mass is 383 g/mol. The molecule has 0 spiro atoms. The molecule has 1 fully saturated rings. The summed E-state index contributed by atoms with van der Waals surface area (Å²) in [6.07, 6.45) is -1.14. The lowest BCUT2D eigenvalue weighted by atomic mass is 9.85. The molecule has 2 aromatic rings. The molecule has 1 amide bonds. The van der Waals surface area contributed by atoms with E-state index in [9.17, 15) is 18.0 Å².